The summed E-state index contributed by atoms with van der Waals surface area (Å²) in [6.07, 6.45) is 10.7. The maximum atomic E-state index is 12.9. The third kappa shape index (κ3) is 3.56. The van der Waals surface area contributed by atoms with Gasteiger partial charge in [0.2, 0.25) is 0 Å². The molecule has 0 heterocycles. The second-order valence-corrected chi connectivity index (χ2v) is 7.86. The summed E-state index contributed by atoms with van der Waals surface area (Å²) in [5, 5.41) is 3.27. The normalized spacial score (nSPS) is 17.1. The minimum atomic E-state index is 0.0583. The zero-order valence-corrected chi connectivity index (χ0v) is 15.8. The summed E-state index contributed by atoms with van der Waals surface area (Å²) in [6.45, 7) is 2.15. The van der Waals surface area contributed by atoms with Crippen LogP contribution in [0.5, 0.6) is 0 Å². The number of hydrogen-bond acceptors (Lipinski definition) is 1. The Bertz CT molecular complexity index is 808. The zero-order chi connectivity index (χ0) is 17.9. The van der Waals surface area contributed by atoms with E-state index in [2.05, 4.69) is 42.6 Å². The van der Waals surface area contributed by atoms with Gasteiger partial charge in [0.1, 0.15) is 0 Å². The Morgan fingerprint density at radius 2 is 1.42 bits per heavy atom. The largest absolute Gasteiger partial charge is 0.345 e. The number of carbonyl (C=O) groups is 1. The van der Waals surface area contributed by atoms with Crippen molar-refractivity contribution in [2.75, 3.05) is 0 Å². The predicted octanol–water partition coefficient (Wildman–Crippen LogP) is 5.33. The summed E-state index contributed by atoms with van der Waals surface area (Å²) in [7, 11) is 0. The molecule has 1 atom stereocenters. The van der Waals surface area contributed by atoms with Crippen LogP contribution in [0.3, 0.4) is 0 Å². The van der Waals surface area contributed by atoms with Crippen LogP contribution in [0, 0.1) is 0 Å². The number of amides is 1. The molecule has 0 saturated heterocycles. The van der Waals surface area contributed by atoms with E-state index in [1.165, 1.54) is 66.3 Å². The van der Waals surface area contributed by atoms with Gasteiger partial charge in [0.05, 0.1) is 6.04 Å². The number of carbonyl (C=O) groups excluding carboxylic acids is 1. The highest BCUT2D eigenvalue weighted by Gasteiger charge is 2.18. The Labute approximate surface area is 157 Å². The van der Waals surface area contributed by atoms with Crippen molar-refractivity contribution in [1.82, 2.24) is 5.32 Å². The molecule has 0 bridgehead atoms. The van der Waals surface area contributed by atoms with Crippen LogP contribution < -0.4 is 5.32 Å². The Hall–Kier alpha value is -2.09. The molecule has 2 heteroatoms. The van der Waals surface area contributed by atoms with Gasteiger partial charge < -0.3 is 5.32 Å². The van der Waals surface area contributed by atoms with Crippen LogP contribution in [0.1, 0.15) is 83.2 Å². The van der Waals surface area contributed by atoms with E-state index in [0.717, 1.165) is 24.8 Å². The summed E-state index contributed by atoms with van der Waals surface area (Å²) in [4.78, 5) is 12.9. The smallest absolute Gasteiger partial charge is 0.251 e. The summed E-state index contributed by atoms with van der Waals surface area (Å²) < 4.78 is 0. The lowest BCUT2D eigenvalue weighted by Crippen LogP contribution is -2.28. The molecule has 0 radical (unpaired) electrons. The van der Waals surface area contributed by atoms with Crippen molar-refractivity contribution in [3.05, 3.63) is 69.8 Å². The molecular weight excluding hydrogens is 318 g/mol. The minimum absolute atomic E-state index is 0.0583. The minimum Gasteiger partial charge on any atom is -0.345 e. The highest BCUT2D eigenvalue weighted by atomic mass is 16.1. The maximum Gasteiger partial charge on any atom is 0.251 e. The number of aryl methyl sites for hydroxylation is 4. The van der Waals surface area contributed by atoms with Crippen LogP contribution >= 0.6 is 0 Å². The van der Waals surface area contributed by atoms with E-state index < -0.39 is 0 Å². The highest BCUT2D eigenvalue weighted by molar-refractivity contribution is 5.94. The Morgan fingerprint density at radius 1 is 0.846 bits per heavy atom. The lowest BCUT2D eigenvalue weighted by Gasteiger charge is -2.22. The van der Waals surface area contributed by atoms with Gasteiger partial charge in [0, 0.05) is 5.56 Å². The van der Waals surface area contributed by atoms with E-state index >= 15 is 0 Å². The molecule has 2 aromatic rings. The van der Waals surface area contributed by atoms with Crippen LogP contribution in [0.4, 0.5) is 0 Å². The number of fused-ring (bicyclic) bond motifs is 2. The third-order valence-electron chi connectivity index (χ3n) is 6.10. The summed E-state index contributed by atoms with van der Waals surface area (Å²) >= 11 is 0. The Balaban J connectivity index is 1.52. The molecule has 1 amide bonds. The van der Waals surface area contributed by atoms with Gasteiger partial charge in [-0.3, -0.25) is 4.79 Å². The molecule has 0 aromatic heterocycles. The quantitative estimate of drug-likeness (QED) is 0.796. The number of nitrogens with one attached hydrogen (secondary N) is 1. The summed E-state index contributed by atoms with van der Waals surface area (Å²) in [5.74, 6) is 0.0583. The fourth-order valence-corrected chi connectivity index (χ4v) is 4.51. The van der Waals surface area contributed by atoms with E-state index in [9.17, 15) is 4.79 Å². The molecule has 2 aliphatic carbocycles. The lowest BCUT2D eigenvalue weighted by atomic mass is 9.88. The molecule has 136 valence electrons. The van der Waals surface area contributed by atoms with Crippen LogP contribution in [0.15, 0.2) is 36.4 Å². The monoisotopic (exact) mass is 347 g/mol. The van der Waals surface area contributed by atoms with Gasteiger partial charge in [-0.05, 0) is 97.7 Å². The number of benzene rings is 2. The van der Waals surface area contributed by atoms with E-state index in [1.54, 1.807) is 0 Å². The molecule has 0 aliphatic heterocycles. The SMILES string of the molecule is CC[C@H](NC(=O)c1ccc2c(c1)CCCC2)c1ccc2c(c1)CCCC2. The topological polar surface area (TPSA) is 29.1 Å². The average Bonchev–Trinajstić information content (AvgIpc) is 2.71. The second kappa shape index (κ2) is 7.65. The standard InChI is InChI=1S/C24H29NO/c1-2-23(21-13-11-17-7-3-5-9-19(17)15-21)25-24(26)22-14-12-18-8-4-6-10-20(18)16-22/h11-16,23H,2-10H2,1H3,(H,25,26)/t23-/m0/s1. The lowest BCUT2D eigenvalue weighted by molar-refractivity contribution is 0.0935. The molecule has 2 nitrogen and oxygen atoms in total. The summed E-state index contributed by atoms with van der Waals surface area (Å²) in [6, 6.07) is 13.2. The van der Waals surface area contributed by atoms with Gasteiger partial charge in [-0.1, -0.05) is 31.2 Å². The first-order valence-electron chi connectivity index (χ1n) is 10.3. The van der Waals surface area contributed by atoms with Crippen molar-refractivity contribution in [3.63, 3.8) is 0 Å². The van der Waals surface area contributed by atoms with E-state index in [-0.39, 0.29) is 11.9 Å². The van der Waals surface area contributed by atoms with Crippen molar-refractivity contribution in [2.24, 2.45) is 0 Å². The van der Waals surface area contributed by atoms with Gasteiger partial charge in [-0.15, -0.1) is 0 Å². The number of hydrogen-bond donors (Lipinski definition) is 1. The van der Waals surface area contributed by atoms with Crippen molar-refractivity contribution in [2.45, 2.75) is 70.8 Å². The molecule has 26 heavy (non-hydrogen) atoms. The van der Waals surface area contributed by atoms with E-state index in [1.807, 2.05) is 6.07 Å². The molecule has 0 spiro atoms. The van der Waals surface area contributed by atoms with Crippen LogP contribution in [0.25, 0.3) is 0 Å². The molecule has 0 fully saturated rings. The summed E-state index contributed by atoms with van der Waals surface area (Å²) in [5.41, 5.74) is 7.83. The van der Waals surface area contributed by atoms with Crippen molar-refractivity contribution in [3.8, 4) is 0 Å². The fourth-order valence-electron chi connectivity index (χ4n) is 4.51. The molecule has 2 aromatic carbocycles. The van der Waals surface area contributed by atoms with Gasteiger partial charge in [0.15, 0.2) is 0 Å². The van der Waals surface area contributed by atoms with Gasteiger partial charge in [-0.25, -0.2) is 0 Å². The second-order valence-electron chi connectivity index (χ2n) is 7.86. The zero-order valence-electron chi connectivity index (χ0n) is 15.8. The van der Waals surface area contributed by atoms with Crippen molar-refractivity contribution < 1.29 is 4.79 Å². The molecule has 0 unspecified atom stereocenters. The predicted molar refractivity (Wildman–Crippen MR) is 107 cm³/mol. The third-order valence-corrected chi connectivity index (χ3v) is 6.10. The Morgan fingerprint density at radius 3 is 2.08 bits per heavy atom. The fraction of sp³-hybridized carbons (Fsp3) is 0.458. The first-order chi connectivity index (χ1) is 12.7. The Kier molecular flexibility index (Phi) is 5.10. The average molecular weight is 348 g/mol. The molecule has 1 N–H and O–H groups in total. The van der Waals surface area contributed by atoms with Crippen molar-refractivity contribution in [1.29, 1.82) is 0 Å². The first kappa shape index (κ1) is 17.3. The number of rotatable bonds is 4. The highest BCUT2D eigenvalue weighted by Crippen LogP contribution is 2.27. The van der Waals surface area contributed by atoms with Crippen LogP contribution in [-0.4, -0.2) is 5.91 Å². The van der Waals surface area contributed by atoms with Crippen LogP contribution in [0.2, 0.25) is 0 Å². The van der Waals surface area contributed by atoms with Gasteiger partial charge in [0.25, 0.3) is 5.91 Å². The molecular formula is C24H29NO. The first-order valence-corrected chi connectivity index (χ1v) is 10.3. The molecule has 2 aliphatic rings. The van der Waals surface area contributed by atoms with E-state index in [0.29, 0.717) is 0 Å². The molecule has 4 rings (SSSR count). The maximum absolute atomic E-state index is 12.9. The van der Waals surface area contributed by atoms with Crippen molar-refractivity contribution >= 4 is 5.91 Å². The van der Waals surface area contributed by atoms with Crippen LogP contribution in [-0.2, 0) is 25.7 Å². The molecule has 0 saturated carbocycles. The van der Waals surface area contributed by atoms with Gasteiger partial charge in [-0.2, -0.15) is 0 Å². The van der Waals surface area contributed by atoms with Gasteiger partial charge >= 0.3 is 0 Å². The van der Waals surface area contributed by atoms with E-state index in [4.69, 9.17) is 0 Å².